The zero-order valence-corrected chi connectivity index (χ0v) is 12.1. The molecule has 3 nitrogen and oxygen atoms in total. The van der Waals surface area contributed by atoms with Crippen LogP contribution in [0.3, 0.4) is 0 Å². The van der Waals surface area contributed by atoms with Crippen molar-refractivity contribution < 1.29 is 4.79 Å². The van der Waals surface area contributed by atoms with Gasteiger partial charge in [-0.15, -0.1) is 22.7 Å². The molecule has 0 radical (unpaired) electrons. The third kappa shape index (κ3) is 2.73. The van der Waals surface area contributed by atoms with Gasteiger partial charge in [0, 0.05) is 22.0 Å². The minimum absolute atomic E-state index is 0.0655. The number of nitrogen functional groups attached to an aromatic ring is 1. The first-order valence-corrected chi connectivity index (χ1v) is 7.49. The molecule has 0 aliphatic carbocycles. The molecule has 0 bridgehead atoms. The van der Waals surface area contributed by atoms with Crippen LogP contribution < -0.4 is 5.73 Å². The predicted molar refractivity (Wildman–Crippen MR) is 78.2 cm³/mol. The summed E-state index contributed by atoms with van der Waals surface area (Å²) in [5.41, 5.74) is 6.50. The molecule has 2 N–H and O–H groups in total. The fourth-order valence-corrected chi connectivity index (χ4v) is 3.30. The van der Waals surface area contributed by atoms with Crippen molar-refractivity contribution in [3.8, 4) is 0 Å². The van der Waals surface area contributed by atoms with Crippen molar-refractivity contribution in [2.75, 3.05) is 12.3 Å². The molecular formula is C13H16N2OS2. The molecule has 0 aliphatic heterocycles. The Labute approximate surface area is 115 Å². The number of nitrogens with zero attached hydrogens (tertiary/aromatic N) is 1. The Bertz CT molecular complexity index is 512. The molecule has 5 heteroatoms. The topological polar surface area (TPSA) is 46.3 Å². The first kappa shape index (κ1) is 13.1. The van der Waals surface area contributed by atoms with Crippen LogP contribution in [0.25, 0.3) is 0 Å². The molecule has 0 saturated carbocycles. The summed E-state index contributed by atoms with van der Waals surface area (Å²) in [6, 6.07) is 5.83. The fourth-order valence-electron chi connectivity index (χ4n) is 1.68. The first-order valence-electron chi connectivity index (χ1n) is 5.79. The molecule has 0 unspecified atom stereocenters. The summed E-state index contributed by atoms with van der Waals surface area (Å²) in [5.74, 6) is 0.0655. The third-order valence-corrected chi connectivity index (χ3v) is 4.68. The average Bonchev–Trinajstić information content (AvgIpc) is 2.96. The monoisotopic (exact) mass is 280 g/mol. The number of hydrogen-bond donors (Lipinski definition) is 1. The normalized spacial score (nSPS) is 10.6. The van der Waals surface area contributed by atoms with Crippen LogP contribution in [0.5, 0.6) is 0 Å². The van der Waals surface area contributed by atoms with Crippen molar-refractivity contribution >= 4 is 34.3 Å². The number of anilines is 1. The van der Waals surface area contributed by atoms with Gasteiger partial charge in [0.25, 0.3) is 5.91 Å². The summed E-state index contributed by atoms with van der Waals surface area (Å²) < 4.78 is 0. The molecular weight excluding hydrogens is 264 g/mol. The van der Waals surface area contributed by atoms with E-state index in [4.69, 9.17) is 5.73 Å². The summed E-state index contributed by atoms with van der Waals surface area (Å²) in [6.45, 7) is 5.30. The average molecular weight is 280 g/mol. The maximum absolute atomic E-state index is 12.4. The highest BCUT2D eigenvalue weighted by atomic mass is 32.1. The van der Waals surface area contributed by atoms with E-state index in [1.165, 1.54) is 16.2 Å². The van der Waals surface area contributed by atoms with Gasteiger partial charge in [0.1, 0.15) is 0 Å². The van der Waals surface area contributed by atoms with Crippen molar-refractivity contribution in [2.24, 2.45) is 0 Å². The van der Waals surface area contributed by atoms with Crippen molar-refractivity contribution in [3.05, 3.63) is 38.2 Å². The molecule has 0 atom stereocenters. The molecule has 1 amide bonds. The van der Waals surface area contributed by atoms with Crippen molar-refractivity contribution in [1.82, 2.24) is 4.90 Å². The van der Waals surface area contributed by atoms with E-state index in [0.717, 1.165) is 9.75 Å². The lowest BCUT2D eigenvalue weighted by atomic mass is 10.3. The Balaban J connectivity index is 2.15. The van der Waals surface area contributed by atoms with Gasteiger partial charge in [-0.25, -0.2) is 0 Å². The van der Waals surface area contributed by atoms with Crippen LogP contribution in [0.15, 0.2) is 23.6 Å². The predicted octanol–water partition coefficient (Wildman–Crippen LogP) is 3.36. The van der Waals surface area contributed by atoms with Crippen LogP contribution in [0.4, 0.5) is 5.69 Å². The summed E-state index contributed by atoms with van der Waals surface area (Å²) in [6.07, 6.45) is 0. The molecule has 0 fully saturated rings. The molecule has 96 valence electrons. The van der Waals surface area contributed by atoms with Gasteiger partial charge < -0.3 is 10.6 Å². The highest BCUT2D eigenvalue weighted by Gasteiger charge is 2.17. The number of carbonyl (C=O) groups excluding carboxylic acids is 1. The number of thiophene rings is 2. The standard InChI is InChI=1S/C13H16N2OS2/c1-3-15(8-10-5-4-6-17-10)13(16)12-7-11(14)9(2)18-12/h4-7H,3,8,14H2,1-2H3. The van der Waals surface area contributed by atoms with Gasteiger partial charge in [0.15, 0.2) is 0 Å². The molecule has 18 heavy (non-hydrogen) atoms. The minimum Gasteiger partial charge on any atom is -0.398 e. The van der Waals surface area contributed by atoms with Gasteiger partial charge in [-0.05, 0) is 31.4 Å². The van der Waals surface area contributed by atoms with Gasteiger partial charge in [0.05, 0.1) is 11.4 Å². The molecule has 0 aromatic carbocycles. The number of amides is 1. The van der Waals surface area contributed by atoms with Crippen molar-refractivity contribution in [1.29, 1.82) is 0 Å². The maximum atomic E-state index is 12.4. The Morgan fingerprint density at radius 2 is 2.28 bits per heavy atom. The molecule has 2 aromatic rings. The third-order valence-electron chi connectivity index (χ3n) is 2.76. The molecule has 0 aliphatic rings. The van der Waals surface area contributed by atoms with Gasteiger partial charge in [0.2, 0.25) is 0 Å². The summed E-state index contributed by atoms with van der Waals surface area (Å²) >= 11 is 3.14. The van der Waals surface area contributed by atoms with E-state index in [9.17, 15) is 4.79 Å². The van der Waals surface area contributed by atoms with Gasteiger partial charge >= 0.3 is 0 Å². The van der Waals surface area contributed by atoms with Crippen LogP contribution >= 0.6 is 22.7 Å². The lowest BCUT2D eigenvalue weighted by Gasteiger charge is -2.19. The zero-order valence-electron chi connectivity index (χ0n) is 10.5. The molecule has 0 saturated heterocycles. The highest BCUT2D eigenvalue weighted by molar-refractivity contribution is 7.14. The highest BCUT2D eigenvalue weighted by Crippen LogP contribution is 2.25. The summed E-state index contributed by atoms with van der Waals surface area (Å²) in [5, 5.41) is 2.03. The maximum Gasteiger partial charge on any atom is 0.264 e. The number of aryl methyl sites for hydroxylation is 1. The van der Waals surface area contributed by atoms with Gasteiger partial charge in [-0.1, -0.05) is 6.07 Å². The number of hydrogen-bond acceptors (Lipinski definition) is 4. The Kier molecular flexibility index (Phi) is 4.04. The minimum atomic E-state index is 0.0655. The lowest BCUT2D eigenvalue weighted by molar-refractivity contribution is 0.0759. The van der Waals surface area contributed by atoms with E-state index >= 15 is 0 Å². The quantitative estimate of drug-likeness (QED) is 0.933. The van der Waals surface area contributed by atoms with E-state index in [1.807, 2.05) is 30.2 Å². The van der Waals surface area contributed by atoms with E-state index in [1.54, 1.807) is 17.4 Å². The van der Waals surface area contributed by atoms with Crippen molar-refractivity contribution in [3.63, 3.8) is 0 Å². The van der Waals surface area contributed by atoms with Crippen molar-refractivity contribution in [2.45, 2.75) is 20.4 Å². The van der Waals surface area contributed by atoms with Crippen LogP contribution in [0, 0.1) is 6.92 Å². The molecule has 0 spiro atoms. The van der Waals surface area contributed by atoms with Crippen LogP contribution in [-0.4, -0.2) is 17.4 Å². The SMILES string of the molecule is CCN(Cc1cccs1)C(=O)c1cc(N)c(C)s1. The summed E-state index contributed by atoms with van der Waals surface area (Å²) in [7, 11) is 0. The first-order chi connectivity index (χ1) is 8.61. The van der Waals surface area contributed by atoms with Crippen LogP contribution in [0.1, 0.15) is 26.3 Å². The Morgan fingerprint density at radius 1 is 1.50 bits per heavy atom. The van der Waals surface area contributed by atoms with E-state index in [2.05, 4.69) is 6.07 Å². The number of nitrogens with two attached hydrogens (primary N) is 1. The van der Waals surface area contributed by atoms with E-state index in [-0.39, 0.29) is 5.91 Å². The molecule has 2 heterocycles. The Hall–Kier alpha value is -1.33. The van der Waals surface area contributed by atoms with Gasteiger partial charge in [-0.2, -0.15) is 0 Å². The smallest absolute Gasteiger partial charge is 0.264 e. The molecule has 2 rings (SSSR count). The zero-order chi connectivity index (χ0) is 13.1. The second-order valence-corrected chi connectivity index (χ2v) is 6.31. The number of rotatable bonds is 4. The van der Waals surface area contributed by atoms with Gasteiger partial charge in [-0.3, -0.25) is 4.79 Å². The number of carbonyl (C=O) groups is 1. The Morgan fingerprint density at radius 3 is 2.78 bits per heavy atom. The molecule has 2 aromatic heterocycles. The van der Waals surface area contributed by atoms with Crippen LogP contribution in [0.2, 0.25) is 0 Å². The summed E-state index contributed by atoms with van der Waals surface area (Å²) in [4.78, 5) is 17.1. The van der Waals surface area contributed by atoms with E-state index < -0.39 is 0 Å². The largest absolute Gasteiger partial charge is 0.398 e. The lowest BCUT2D eigenvalue weighted by Crippen LogP contribution is -2.29. The second-order valence-electron chi connectivity index (χ2n) is 4.02. The van der Waals surface area contributed by atoms with Crippen LogP contribution in [-0.2, 0) is 6.54 Å². The second kappa shape index (κ2) is 5.54. The van der Waals surface area contributed by atoms with E-state index in [0.29, 0.717) is 18.8 Å². The fraction of sp³-hybridized carbons (Fsp3) is 0.308.